The fourth-order valence-corrected chi connectivity index (χ4v) is 9.98. The van der Waals surface area contributed by atoms with Crippen LogP contribution in [0.4, 0.5) is 0 Å². The first-order valence-electron chi connectivity index (χ1n) is 12.6. The molecule has 0 amide bonds. The van der Waals surface area contributed by atoms with E-state index in [4.69, 9.17) is 0 Å². The number of carbonyl (C=O) groups excluding carboxylic acids is 1. The second-order valence-corrected chi connectivity index (χ2v) is 12.6. The summed E-state index contributed by atoms with van der Waals surface area (Å²) in [5.74, 6) is 3.66. The zero-order valence-corrected chi connectivity index (χ0v) is 19.5. The highest BCUT2D eigenvalue weighted by atomic mass is 16.3. The van der Waals surface area contributed by atoms with Gasteiger partial charge in [0.15, 0.2) is 0 Å². The molecule has 5 fully saturated rings. The molecule has 30 heavy (non-hydrogen) atoms. The predicted octanol–water partition coefficient (Wildman–Crippen LogP) is 5.15. The summed E-state index contributed by atoms with van der Waals surface area (Å²) in [6.07, 6.45) is 8.38. The first-order chi connectivity index (χ1) is 14.1. The van der Waals surface area contributed by atoms with Crippen molar-refractivity contribution in [3.05, 3.63) is 12.2 Å². The molecule has 3 heteroatoms. The number of aliphatic hydroxyl groups excluding tert-OH is 2. The summed E-state index contributed by atoms with van der Waals surface area (Å²) < 4.78 is 0. The van der Waals surface area contributed by atoms with Gasteiger partial charge >= 0.3 is 0 Å². The number of rotatable bonds is 5. The molecule has 0 radical (unpaired) electrons. The van der Waals surface area contributed by atoms with Crippen molar-refractivity contribution in [2.45, 2.75) is 97.7 Å². The van der Waals surface area contributed by atoms with E-state index in [1.807, 2.05) is 6.92 Å². The molecule has 0 aromatic heterocycles. The topological polar surface area (TPSA) is 57.5 Å². The monoisotopic (exact) mass is 414 g/mol. The average molecular weight is 415 g/mol. The molecule has 0 aromatic carbocycles. The Bertz CT molecular complexity index is 759. The molecule has 0 saturated heterocycles. The van der Waals surface area contributed by atoms with Crippen LogP contribution in [0.2, 0.25) is 0 Å². The van der Waals surface area contributed by atoms with Crippen molar-refractivity contribution in [1.29, 1.82) is 0 Å². The van der Waals surface area contributed by atoms with E-state index in [-0.39, 0.29) is 22.2 Å². The van der Waals surface area contributed by atoms with Gasteiger partial charge in [-0.1, -0.05) is 26.3 Å². The Kier molecular flexibility index (Phi) is 4.71. The molecular formula is C27H42O3. The van der Waals surface area contributed by atoms with Gasteiger partial charge in [-0.15, -0.1) is 6.58 Å². The van der Waals surface area contributed by atoms with E-state index in [2.05, 4.69) is 27.4 Å². The first-order valence-corrected chi connectivity index (χ1v) is 12.6. The molecule has 5 saturated carbocycles. The number of aliphatic hydroxyl groups is 2. The van der Waals surface area contributed by atoms with E-state index in [1.54, 1.807) is 0 Å². The molecule has 0 bridgehead atoms. The molecule has 0 aliphatic heterocycles. The number of fused-ring (bicyclic) bond motifs is 4. The second-order valence-electron chi connectivity index (χ2n) is 12.6. The third kappa shape index (κ3) is 2.54. The van der Waals surface area contributed by atoms with Gasteiger partial charge in [0.05, 0.1) is 12.2 Å². The molecule has 1 spiro atoms. The van der Waals surface area contributed by atoms with Crippen LogP contribution in [-0.2, 0) is 4.79 Å². The molecule has 0 heterocycles. The molecule has 3 nitrogen and oxygen atoms in total. The Labute approximate surface area is 182 Å². The van der Waals surface area contributed by atoms with Crippen molar-refractivity contribution >= 4 is 5.78 Å². The molecule has 5 aliphatic rings. The fraction of sp³-hybridized carbons (Fsp3) is 0.889. The Balaban J connectivity index is 1.38. The van der Waals surface area contributed by atoms with Crippen LogP contribution in [0.15, 0.2) is 12.2 Å². The molecule has 11 atom stereocenters. The molecule has 5 rings (SSSR count). The van der Waals surface area contributed by atoms with Crippen LogP contribution in [0, 0.1) is 51.8 Å². The van der Waals surface area contributed by atoms with E-state index in [9.17, 15) is 15.0 Å². The van der Waals surface area contributed by atoms with Gasteiger partial charge in [-0.05, 0) is 105 Å². The van der Waals surface area contributed by atoms with Crippen LogP contribution in [0.1, 0.15) is 85.5 Å². The van der Waals surface area contributed by atoms with Crippen LogP contribution in [0.25, 0.3) is 0 Å². The number of carbonyl (C=O) groups is 1. The zero-order valence-electron chi connectivity index (χ0n) is 19.5. The van der Waals surface area contributed by atoms with Crippen LogP contribution in [-0.4, -0.2) is 28.2 Å². The fourth-order valence-electron chi connectivity index (χ4n) is 9.98. The van der Waals surface area contributed by atoms with Crippen LogP contribution in [0.3, 0.4) is 0 Å². The first kappa shape index (κ1) is 21.2. The van der Waals surface area contributed by atoms with Crippen molar-refractivity contribution in [3.63, 3.8) is 0 Å². The van der Waals surface area contributed by atoms with Crippen molar-refractivity contribution in [2.24, 2.45) is 51.8 Å². The summed E-state index contributed by atoms with van der Waals surface area (Å²) in [5.41, 5.74) is 1.42. The summed E-state index contributed by atoms with van der Waals surface area (Å²) in [5, 5.41) is 21.5. The predicted molar refractivity (Wildman–Crippen MR) is 119 cm³/mol. The van der Waals surface area contributed by atoms with Gasteiger partial charge in [0.25, 0.3) is 0 Å². The highest BCUT2D eigenvalue weighted by Gasteiger charge is 2.77. The number of hydrogen-bond donors (Lipinski definition) is 2. The van der Waals surface area contributed by atoms with Gasteiger partial charge in [-0.3, -0.25) is 4.79 Å². The quantitative estimate of drug-likeness (QED) is 0.612. The molecule has 168 valence electrons. The maximum atomic E-state index is 13.4. The van der Waals surface area contributed by atoms with Crippen molar-refractivity contribution in [3.8, 4) is 0 Å². The minimum Gasteiger partial charge on any atom is -0.390 e. The van der Waals surface area contributed by atoms with Gasteiger partial charge in [0.2, 0.25) is 0 Å². The smallest absolute Gasteiger partial charge is 0.140 e. The van der Waals surface area contributed by atoms with E-state index < -0.39 is 12.2 Å². The number of Topliss-reactive ketones (excluding diaryl/α,β-unsaturated/α-hetero) is 1. The lowest BCUT2D eigenvalue weighted by Gasteiger charge is -2.58. The van der Waals surface area contributed by atoms with E-state index in [1.165, 1.54) is 38.5 Å². The maximum absolute atomic E-state index is 13.4. The second kappa shape index (κ2) is 6.67. The van der Waals surface area contributed by atoms with Crippen LogP contribution >= 0.6 is 0 Å². The normalized spacial score (nSPS) is 51.9. The van der Waals surface area contributed by atoms with E-state index >= 15 is 0 Å². The zero-order chi connectivity index (χ0) is 21.6. The summed E-state index contributed by atoms with van der Waals surface area (Å²) >= 11 is 0. The molecule has 2 N–H and O–H groups in total. The lowest BCUT2D eigenvalue weighted by Crippen LogP contribution is -2.55. The van der Waals surface area contributed by atoms with Crippen molar-refractivity contribution in [1.82, 2.24) is 0 Å². The Morgan fingerprint density at radius 2 is 1.87 bits per heavy atom. The molecular weight excluding hydrogens is 372 g/mol. The minimum absolute atomic E-state index is 0.0655. The third-order valence-electron chi connectivity index (χ3n) is 11.5. The molecule has 0 unspecified atom stereocenters. The summed E-state index contributed by atoms with van der Waals surface area (Å²) in [6.45, 7) is 12.9. The summed E-state index contributed by atoms with van der Waals surface area (Å²) in [4.78, 5) is 13.4. The average Bonchev–Trinajstić information content (AvgIpc) is 3.21. The SMILES string of the molecule is C=C(C)C[C@@H](O)[C@H](O)[C@@H](C)[C@H]1CC[C@H]2[C@@H]3CC(=O)[C@]45C[C@H]4CC[C@]5(C)[C@H]3CC[C@]12C. The highest BCUT2D eigenvalue weighted by molar-refractivity contribution is 5.91. The third-order valence-corrected chi connectivity index (χ3v) is 11.5. The van der Waals surface area contributed by atoms with Crippen molar-refractivity contribution in [2.75, 3.05) is 0 Å². The highest BCUT2D eigenvalue weighted by Crippen LogP contribution is 2.80. The van der Waals surface area contributed by atoms with Gasteiger partial charge < -0.3 is 10.2 Å². The van der Waals surface area contributed by atoms with E-state index in [0.29, 0.717) is 41.8 Å². The number of ketones is 1. The van der Waals surface area contributed by atoms with Crippen molar-refractivity contribution < 1.29 is 15.0 Å². The van der Waals surface area contributed by atoms with Crippen LogP contribution in [0.5, 0.6) is 0 Å². The standard InChI is InChI=1S/C27H42O3/c1-15(2)12-22(28)24(30)16(3)19-6-7-20-18-13-23(29)27-14-17(27)8-11-26(27,5)21(18)9-10-25(19,20)4/h16-22,24,28,30H,1,6-14H2,2-5H3/t16-,17+,18-,19+,20-,21-,22+,24+,25+,26+,27-/m0/s1. The van der Waals surface area contributed by atoms with Gasteiger partial charge in [-0.2, -0.15) is 0 Å². The minimum atomic E-state index is -0.725. The van der Waals surface area contributed by atoms with Crippen LogP contribution < -0.4 is 0 Å². The molecule has 5 aliphatic carbocycles. The maximum Gasteiger partial charge on any atom is 0.140 e. The largest absolute Gasteiger partial charge is 0.390 e. The molecule has 0 aromatic rings. The Morgan fingerprint density at radius 3 is 2.53 bits per heavy atom. The summed E-state index contributed by atoms with van der Waals surface area (Å²) in [7, 11) is 0. The van der Waals surface area contributed by atoms with Gasteiger partial charge in [-0.25, -0.2) is 0 Å². The Morgan fingerprint density at radius 1 is 1.13 bits per heavy atom. The van der Waals surface area contributed by atoms with Gasteiger partial charge in [0.1, 0.15) is 5.78 Å². The lowest BCUT2D eigenvalue weighted by molar-refractivity contribution is -0.153. The number of hydrogen-bond acceptors (Lipinski definition) is 3. The van der Waals surface area contributed by atoms with E-state index in [0.717, 1.165) is 18.4 Å². The summed E-state index contributed by atoms with van der Waals surface area (Å²) in [6, 6.07) is 0. The Hall–Kier alpha value is -0.670. The van der Waals surface area contributed by atoms with Gasteiger partial charge in [0, 0.05) is 11.8 Å². The lowest BCUT2D eigenvalue weighted by atomic mass is 9.45.